The minimum atomic E-state index is -3.99. The number of benzene rings is 3. The van der Waals surface area contributed by atoms with Crippen LogP contribution in [-0.2, 0) is 32.6 Å². The maximum atomic E-state index is 14.0. The predicted molar refractivity (Wildman–Crippen MR) is 153 cm³/mol. The van der Waals surface area contributed by atoms with Gasteiger partial charge in [-0.3, -0.25) is 13.9 Å². The van der Waals surface area contributed by atoms with E-state index in [1.54, 1.807) is 18.2 Å². The first kappa shape index (κ1) is 30.4. The number of carbonyl (C=O) groups is 2. The highest BCUT2D eigenvalue weighted by molar-refractivity contribution is 7.92. The van der Waals surface area contributed by atoms with Crippen LogP contribution in [0.3, 0.4) is 0 Å². The van der Waals surface area contributed by atoms with Gasteiger partial charge in [-0.15, -0.1) is 0 Å². The number of nitrogens with one attached hydrogen (secondary N) is 1. The summed E-state index contributed by atoms with van der Waals surface area (Å²) in [7, 11) is -3.99. The van der Waals surface area contributed by atoms with Gasteiger partial charge in [0.15, 0.2) is 0 Å². The standard InChI is InChI=1S/C28H30Cl2FN3O4S/c1-3-14-32-28(36)26(16-20-8-5-4-6-9-20)33(18-21-12-13-24(29)25(30)15-21)27(35)19-34(39(2,37)38)23-11-7-10-22(31)17-23/h4-13,15,17,26H,3,14,16,18-19H2,1-2H3,(H,32,36). The van der Waals surface area contributed by atoms with Gasteiger partial charge in [-0.2, -0.15) is 0 Å². The Balaban J connectivity index is 2.06. The molecule has 0 radical (unpaired) electrons. The van der Waals surface area contributed by atoms with Gasteiger partial charge in [-0.1, -0.05) is 72.6 Å². The van der Waals surface area contributed by atoms with Crippen LogP contribution in [0.15, 0.2) is 72.8 Å². The molecule has 208 valence electrons. The van der Waals surface area contributed by atoms with Crippen LogP contribution < -0.4 is 9.62 Å². The lowest BCUT2D eigenvalue weighted by atomic mass is 10.0. The number of halogens is 3. The van der Waals surface area contributed by atoms with E-state index in [9.17, 15) is 22.4 Å². The molecule has 0 aliphatic carbocycles. The zero-order valence-corrected chi connectivity index (χ0v) is 23.9. The van der Waals surface area contributed by atoms with Crippen molar-refractivity contribution in [3.63, 3.8) is 0 Å². The van der Waals surface area contributed by atoms with E-state index in [1.807, 2.05) is 37.3 Å². The number of carbonyl (C=O) groups excluding carboxylic acids is 2. The van der Waals surface area contributed by atoms with Crippen molar-refractivity contribution in [3.8, 4) is 0 Å². The van der Waals surface area contributed by atoms with Gasteiger partial charge in [0, 0.05) is 19.5 Å². The molecule has 1 N–H and O–H groups in total. The van der Waals surface area contributed by atoms with Crippen LogP contribution in [0.5, 0.6) is 0 Å². The molecule has 1 unspecified atom stereocenters. The van der Waals surface area contributed by atoms with E-state index in [2.05, 4.69) is 5.32 Å². The van der Waals surface area contributed by atoms with Crippen LogP contribution >= 0.6 is 23.2 Å². The lowest BCUT2D eigenvalue weighted by molar-refractivity contribution is -0.140. The fourth-order valence-electron chi connectivity index (χ4n) is 4.00. The summed E-state index contributed by atoms with van der Waals surface area (Å²) >= 11 is 12.3. The van der Waals surface area contributed by atoms with Crippen molar-refractivity contribution in [2.75, 3.05) is 23.7 Å². The van der Waals surface area contributed by atoms with Crippen molar-refractivity contribution < 1.29 is 22.4 Å². The van der Waals surface area contributed by atoms with Crippen LogP contribution in [0.2, 0.25) is 10.0 Å². The van der Waals surface area contributed by atoms with Crippen LogP contribution in [-0.4, -0.2) is 50.5 Å². The molecule has 0 heterocycles. The van der Waals surface area contributed by atoms with Gasteiger partial charge in [0.05, 0.1) is 22.0 Å². The number of nitrogens with zero attached hydrogens (tertiary/aromatic N) is 2. The average Bonchev–Trinajstić information content (AvgIpc) is 2.89. The smallest absolute Gasteiger partial charge is 0.244 e. The molecule has 0 spiro atoms. The van der Waals surface area contributed by atoms with E-state index >= 15 is 0 Å². The molecular weight excluding hydrogens is 564 g/mol. The van der Waals surface area contributed by atoms with Crippen molar-refractivity contribution in [3.05, 3.63) is 99.8 Å². The third-order valence-corrected chi connectivity index (χ3v) is 7.81. The average molecular weight is 595 g/mol. The number of rotatable bonds is 12. The monoisotopic (exact) mass is 593 g/mol. The fraction of sp³-hybridized carbons (Fsp3) is 0.286. The first-order valence-electron chi connectivity index (χ1n) is 12.3. The molecule has 3 aromatic carbocycles. The molecule has 0 saturated carbocycles. The number of hydrogen-bond acceptors (Lipinski definition) is 4. The maximum absolute atomic E-state index is 14.0. The van der Waals surface area contributed by atoms with Crippen LogP contribution in [0, 0.1) is 5.82 Å². The van der Waals surface area contributed by atoms with Gasteiger partial charge in [0.25, 0.3) is 0 Å². The molecule has 1 atom stereocenters. The summed E-state index contributed by atoms with van der Waals surface area (Å²) in [5.74, 6) is -1.68. The van der Waals surface area contributed by atoms with Crippen LogP contribution in [0.1, 0.15) is 24.5 Å². The summed E-state index contributed by atoms with van der Waals surface area (Å²) in [5, 5.41) is 3.46. The van der Waals surface area contributed by atoms with E-state index < -0.39 is 34.3 Å². The summed E-state index contributed by atoms with van der Waals surface area (Å²) in [6, 6.07) is 18.0. The summed E-state index contributed by atoms with van der Waals surface area (Å²) in [4.78, 5) is 28.7. The predicted octanol–water partition coefficient (Wildman–Crippen LogP) is 5.06. The molecule has 0 aromatic heterocycles. The molecule has 0 bridgehead atoms. The second-order valence-corrected chi connectivity index (χ2v) is 11.7. The van der Waals surface area contributed by atoms with Gasteiger partial charge in [0.2, 0.25) is 21.8 Å². The topological polar surface area (TPSA) is 86.8 Å². The van der Waals surface area contributed by atoms with Gasteiger partial charge in [-0.25, -0.2) is 12.8 Å². The number of sulfonamides is 1. The Morgan fingerprint density at radius 2 is 1.67 bits per heavy atom. The normalized spacial score (nSPS) is 12.0. The summed E-state index contributed by atoms with van der Waals surface area (Å²) < 4.78 is 40.2. The highest BCUT2D eigenvalue weighted by atomic mass is 35.5. The quantitative estimate of drug-likeness (QED) is 0.318. The fourth-order valence-corrected chi connectivity index (χ4v) is 5.16. The molecule has 11 heteroatoms. The van der Waals surface area contributed by atoms with E-state index in [0.717, 1.165) is 22.2 Å². The summed E-state index contributed by atoms with van der Waals surface area (Å²) in [6.07, 6.45) is 1.80. The molecule has 7 nitrogen and oxygen atoms in total. The zero-order chi connectivity index (χ0) is 28.6. The Morgan fingerprint density at radius 1 is 0.949 bits per heavy atom. The van der Waals surface area contributed by atoms with E-state index in [-0.39, 0.29) is 29.6 Å². The second-order valence-electron chi connectivity index (χ2n) is 9.02. The van der Waals surface area contributed by atoms with Gasteiger partial charge < -0.3 is 10.2 Å². The van der Waals surface area contributed by atoms with Crippen molar-refractivity contribution >= 4 is 50.7 Å². The van der Waals surface area contributed by atoms with Crippen molar-refractivity contribution in [2.24, 2.45) is 0 Å². The Labute approximate surface area is 238 Å². The lowest BCUT2D eigenvalue weighted by Crippen LogP contribution is -2.53. The largest absolute Gasteiger partial charge is 0.354 e. The summed E-state index contributed by atoms with van der Waals surface area (Å²) in [6.45, 7) is 1.62. The lowest BCUT2D eigenvalue weighted by Gasteiger charge is -2.33. The van der Waals surface area contributed by atoms with E-state index in [1.165, 1.54) is 23.1 Å². The van der Waals surface area contributed by atoms with Crippen LogP contribution in [0.25, 0.3) is 0 Å². The van der Waals surface area contributed by atoms with Crippen molar-refractivity contribution in [2.45, 2.75) is 32.4 Å². The Hall–Kier alpha value is -3.14. The number of amides is 2. The first-order valence-corrected chi connectivity index (χ1v) is 14.9. The Morgan fingerprint density at radius 3 is 2.28 bits per heavy atom. The highest BCUT2D eigenvalue weighted by Crippen LogP contribution is 2.25. The first-order chi connectivity index (χ1) is 18.5. The van der Waals surface area contributed by atoms with E-state index in [4.69, 9.17) is 23.2 Å². The molecule has 0 saturated heterocycles. The molecule has 2 amide bonds. The Kier molecular flexibility index (Phi) is 10.7. The van der Waals surface area contributed by atoms with Crippen LogP contribution in [0.4, 0.5) is 10.1 Å². The molecule has 0 fully saturated rings. The molecule has 3 aromatic rings. The molecule has 3 rings (SSSR count). The van der Waals surface area contributed by atoms with Crippen molar-refractivity contribution in [1.29, 1.82) is 0 Å². The SMILES string of the molecule is CCCNC(=O)C(Cc1ccccc1)N(Cc1ccc(Cl)c(Cl)c1)C(=O)CN(c1cccc(F)c1)S(C)(=O)=O. The molecule has 39 heavy (non-hydrogen) atoms. The van der Waals surface area contributed by atoms with Crippen molar-refractivity contribution in [1.82, 2.24) is 10.2 Å². The highest BCUT2D eigenvalue weighted by Gasteiger charge is 2.33. The summed E-state index contributed by atoms with van der Waals surface area (Å²) in [5.41, 5.74) is 1.40. The number of anilines is 1. The third-order valence-electron chi connectivity index (χ3n) is 5.93. The molecular formula is C28H30Cl2FN3O4S. The third kappa shape index (κ3) is 8.68. The molecule has 0 aliphatic rings. The van der Waals surface area contributed by atoms with Gasteiger partial charge >= 0.3 is 0 Å². The zero-order valence-electron chi connectivity index (χ0n) is 21.6. The minimum absolute atomic E-state index is 0.00428. The van der Waals surface area contributed by atoms with Gasteiger partial charge in [0.1, 0.15) is 18.4 Å². The maximum Gasteiger partial charge on any atom is 0.244 e. The number of hydrogen-bond donors (Lipinski definition) is 1. The van der Waals surface area contributed by atoms with Gasteiger partial charge in [-0.05, 0) is 47.9 Å². The van der Waals surface area contributed by atoms with E-state index in [0.29, 0.717) is 23.6 Å². The minimum Gasteiger partial charge on any atom is -0.354 e. The Bertz CT molecular complexity index is 1410. The second kappa shape index (κ2) is 13.8. The molecule has 0 aliphatic heterocycles.